The van der Waals surface area contributed by atoms with Gasteiger partial charge in [-0.1, -0.05) is 0 Å². The summed E-state index contributed by atoms with van der Waals surface area (Å²) >= 11 is 1.30. The van der Waals surface area contributed by atoms with Crippen LogP contribution in [0.3, 0.4) is 0 Å². The van der Waals surface area contributed by atoms with Crippen molar-refractivity contribution in [2.24, 2.45) is 5.73 Å². The summed E-state index contributed by atoms with van der Waals surface area (Å²) in [5, 5.41) is 22.0. The molecule has 1 heterocycles. The average molecular weight is 201 g/mol. The Morgan fingerprint density at radius 2 is 2.23 bits per heavy atom. The first-order valence-corrected chi connectivity index (χ1v) is 4.72. The first kappa shape index (κ1) is 10.3. The van der Waals surface area contributed by atoms with Crippen LogP contribution >= 0.6 is 11.3 Å². The molecule has 0 spiro atoms. The Morgan fingerprint density at radius 3 is 2.77 bits per heavy atom. The Labute approximate surface area is 79.6 Å². The molecule has 0 aromatic carbocycles. The van der Waals surface area contributed by atoms with Gasteiger partial charge in [0.2, 0.25) is 0 Å². The van der Waals surface area contributed by atoms with Crippen molar-refractivity contribution in [1.82, 2.24) is 0 Å². The predicted molar refractivity (Wildman–Crippen MR) is 49.7 cm³/mol. The Morgan fingerprint density at radius 1 is 1.54 bits per heavy atom. The maximum Gasteiger partial charge on any atom is 0.151 e. The lowest BCUT2D eigenvalue weighted by Gasteiger charge is -2.15. The molecular formula is C8H11NO3S. The smallest absolute Gasteiger partial charge is 0.151 e. The molecule has 2 atom stereocenters. The summed E-state index contributed by atoms with van der Waals surface area (Å²) in [6.45, 7) is -0.0324. The fourth-order valence-corrected chi connectivity index (χ4v) is 1.82. The lowest BCUT2D eigenvalue weighted by Crippen LogP contribution is -2.27. The number of aliphatic hydroxyl groups is 2. The summed E-state index contributed by atoms with van der Waals surface area (Å²) in [6, 6.07) is 0. The summed E-state index contributed by atoms with van der Waals surface area (Å²) in [4.78, 5) is 10.5. The molecule has 72 valence electrons. The maximum absolute atomic E-state index is 10.5. The van der Waals surface area contributed by atoms with Crippen LogP contribution in [0.5, 0.6) is 0 Å². The fraction of sp³-hybridized carbons (Fsp3) is 0.375. The van der Waals surface area contributed by atoms with Crippen LogP contribution in [-0.4, -0.2) is 29.1 Å². The largest absolute Gasteiger partial charge is 0.389 e. The summed E-state index contributed by atoms with van der Waals surface area (Å²) in [6.07, 6.45) is -1.44. The van der Waals surface area contributed by atoms with Gasteiger partial charge in [-0.2, -0.15) is 11.3 Å². The number of rotatable bonds is 4. The molecule has 2 unspecified atom stereocenters. The summed E-state index contributed by atoms with van der Waals surface area (Å²) in [5.74, 6) is 0. The van der Waals surface area contributed by atoms with E-state index < -0.39 is 12.2 Å². The van der Waals surface area contributed by atoms with E-state index in [0.29, 0.717) is 17.4 Å². The van der Waals surface area contributed by atoms with Gasteiger partial charge in [-0.15, -0.1) is 0 Å². The minimum absolute atomic E-state index is 0.0324. The van der Waals surface area contributed by atoms with E-state index in [1.54, 1.807) is 10.8 Å². The van der Waals surface area contributed by atoms with Crippen LogP contribution < -0.4 is 5.73 Å². The summed E-state index contributed by atoms with van der Waals surface area (Å²) in [7, 11) is 0. The summed E-state index contributed by atoms with van der Waals surface area (Å²) < 4.78 is 0. The van der Waals surface area contributed by atoms with Crippen molar-refractivity contribution in [1.29, 1.82) is 0 Å². The molecule has 0 fully saturated rings. The van der Waals surface area contributed by atoms with Gasteiger partial charge in [0.15, 0.2) is 6.29 Å². The minimum Gasteiger partial charge on any atom is -0.389 e. The van der Waals surface area contributed by atoms with Crippen LogP contribution in [0.25, 0.3) is 0 Å². The molecule has 0 aliphatic carbocycles. The topological polar surface area (TPSA) is 83.6 Å². The van der Waals surface area contributed by atoms with Gasteiger partial charge in [-0.3, -0.25) is 4.79 Å². The number of nitrogens with two attached hydrogens (primary N) is 1. The molecule has 13 heavy (non-hydrogen) atoms. The third-order valence-electron chi connectivity index (χ3n) is 1.77. The number of carbonyl (C=O) groups is 1. The fourth-order valence-electron chi connectivity index (χ4n) is 0.989. The van der Waals surface area contributed by atoms with Gasteiger partial charge in [0.1, 0.15) is 6.10 Å². The zero-order valence-electron chi connectivity index (χ0n) is 6.88. The number of hydrogen-bond acceptors (Lipinski definition) is 5. The van der Waals surface area contributed by atoms with E-state index in [2.05, 4.69) is 0 Å². The number of aldehydes is 1. The van der Waals surface area contributed by atoms with Gasteiger partial charge in [0.25, 0.3) is 0 Å². The Bertz CT molecular complexity index is 287. The van der Waals surface area contributed by atoms with E-state index >= 15 is 0 Å². The standard InChI is InChI=1S/C8H11NO3S/c9-1-7(11)8(12)6-4-13-3-5(6)2-10/h2-4,7-8,11-12H,1,9H2. The maximum atomic E-state index is 10.5. The number of aliphatic hydroxyl groups excluding tert-OH is 2. The third-order valence-corrected chi connectivity index (χ3v) is 2.55. The molecule has 0 aliphatic rings. The molecule has 4 nitrogen and oxygen atoms in total. The molecule has 0 saturated carbocycles. The Balaban J connectivity index is 2.87. The molecule has 0 bridgehead atoms. The lowest BCUT2D eigenvalue weighted by molar-refractivity contribution is 0.0242. The van der Waals surface area contributed by atoms with Crippen molar-refractivity contribution < 1.29 is 15.0 Å². The van der Waals surface area contributed by atoms with Gasteiger partial charge < -0.3 is 15.9 Å². The molecule has 5 heteroatoms. The van der Waals surface area contributed by atoms with Crippen molar-refractivity contribution in [3.05, 3.63) is 21.9 Å². The van der Waals surface area contributed by atoms with Gasteiger partial charge in [0.05, 0.1) is 6.10 Å². The zero-order valence-corrected chi connectivity index (χ0v) is 7.70. The third kappa shape index (κ3) is 2.13. The van der Waals surface area contributed by atoms with E-state index in [-0.39, 0.29) is 6.54 Å². The zero-order chi connectivity index (χ0) is 9.84. The minimum atomic E-state index is -1.07. The Hall–Kier alpha value is -0.750. The molecule has 0 radical (unpaired) electrons. The molecule has 0 amide bonds. The number of hydrogen-bond donors (Lipinski definition) is 3. The second kappa shape index (κ2) is 4.48. The highest BCUT2D eigenvalue weighted by molar-refractivity contribution is 7.08. The van der Waals surface area contributed by atoms with Crippen LogP contribution in [0.1, 0.15) is 22.0 Å². The second-order valence-electron chi connectivity index (χ2n) is 2.65. The highest BCUT2D eigenvalue weighted by atomic mass is 32.1. The Kier molecular flexibility index (Phi) is 3.56. The second-order valence-corrected chi connectivity index (χ2v) is 3.39. The van der Waals surface area contributed by atoms with Gasteiger partial charge in [-0.05, 0) is 5.38 Å². The first-order chi connectivity index (χ1) is 6.20. The van der Waals surface area contributed by atoms with Crippen molar-refractivity contribution >= 4 is 17.6 Å². The molecule has 0 saturated heterocycles. The van der Waals surface area contributed by atoms with Gasteiger partial charge in [-0.25, -0.2) is 0 Å². The van der Waals surface area contributed by atoms with Crippen LogP contribution in [-0.2, 0) is 0 Å². The number of thiophene rings is 1. The van der Waals surface area contributed by atoms with Gasteiger partial charge >= 0.3 is 0 Å². The first-order valence-electron chi connectivity index (χ1n) is 3.78. The van der Waals surface area contributed by atoms with Crippen LogP contribution in [0.4, 0.5) is 0 Å². The van der Waals surface area contributed by atoms with Crippen LogP contribution in [0.15, 0.2) is 10.8 Å². The van der Waals surface area contributed by atoms with Gasteiger partial charge in [0, 0.05) is 23.1 Å². The van der Waals surface area contributed by atoms with E-state index in [1.807, 2.05) is 0 Å². The van der Waals surface area contributed by atoms with E-state index in [0.717, 1.165) is 0 Å². The monoisotopic (exact) mass is 201 g/mol. The molecular weight excluding hydrogens is 190 g/mol. The lowest BCUT2D eigenvalue weighted by atomic mass is 10.0. The quantitative estimate of drug-likeness (QED) is 0.595. The van der Waals surface area contributed by atoms with E-state index in [4.69, 9.17) is 5.73 Å². The molecule has 1 aromatic heterocycles. The van der Waals surface area contributed by atoms with Crippen LogP contribution in [0.2, 0.25) is 0 Å². The van der Waals surface area contributed by atoms with Crippen LogP contribution in [0, 0.1) is 0 Å². The molecule has 4 N–H and O–H groups in total. The molecule has 1 aromatic rings. The van der Waals surface area contributed by atoms with E-state index in [9.17, 15) is 15.0 Å². The van der Waals surface area contributed by atoms with Crippen molar-refractivity contribution in [3.63, 3.8) is 0 Å². The normalized spacial score (nSPS) is 15.3. The SMILES string of the molecule is NCC(O)C(O)c1cscc1C=O. The van der Waals surface area contributed by atoms with Crippen molar-refractivity contribution in [2.75, 3.05) is 6.54 Å². The van der Waals surface area contributed by atoms with E-state index in [1.165, 1.54) is 11.3 Å². The highest BCUT2D eigenvalue weighted by Crippen LogP contribution is 2.23. The number of carbonyl (C=O) groups excluding carboxylic acids is 1. The predicted octanol–water partition coefficient (Wildman–Crippen LogP) is -0.0864. The van der Waals surface area contributed by atoms with Crippen molar-refractivity contribution in [2.45, 2.75) is 12.2 Å². The van der Waals surface area contributed by atoms with Crippen molar-refractivity contribution in [3.8, 4) is 0 Å². The molecule has 0 aliphatic heterocycles. The highest BCUT2D eigenvalue weighted by Gasteiger charge is 2.20. The average Bonchev–Trinajstić information content (AvgIpc) is 2.62. The molecule has 1 rings (SSSR count). The summed E-state index contributed by atoms with van der Waals surface area (Å²) in [5.41, 5.74) is 6.03.